The molecule has 2 saturated heterocycles. The van der Waals surface area contributed by atoms with Gasteiger partial charge >= 0.3 is 0 Å². The Morgan fingerprint density at radius 1 is 1.17 bits per heavy atom. The fourth-order valence-electron chi connectivity index (χ4n) is 3.72. The van der Waals surface area contributed by atoms with Crippen LogP contribution in [0.2, 0.25) is 0 Å². The van der Waals surface area contributed by atoms with Gasteiger partial charge in [0.15, 0.2) is 0 Å². The topological polar surface area (TPSA) is 84.5 Å². The van der Waals surface area contributed by atoms with Gasteiger partial charge in [0.2, 0.25) is 0 Å². The second-order valence-electron chi connectivity index (χ2n) is 6.98. The molecule has 3 fully saturated rings. The summed E-state index contributed by atoms with van der Waals surface area (Å²) < 4.78 is 29.2. The first-order valence-electron chi connectivity index (χ1n) is 8.50. The summed E-state index contributed by atoms with van der Waals surface area (Å²) in [5.74, 6) is 0.465. The van der Waals surface area contributed by atoms with E-state index < -0.39 is 9.84 Å². The van der Waals surface area contributed by atoms with E-state index in [-0.39, 0.29) is 39.4 Å². The molecule has 0 spiro atoms. The smallest absolute Gasteiger partial charge is 0.150 e. The molecule has 2 N–H and O–H groups in total. The van der Waals surface area contributed by atoms with Gasteiger partial charge in [0, 0.05) is 12.7 Å². The summed E-state index contributed by atoms with van der Waals surface area (Å²) in [6.45, 7) is 0. The number of nitrogens with one attached hydrogen (secondary N) is 2. The third-order valence-corrected chi connectivity index (χ3v) is 8.73. The molecule has 0 amide bonds. The van der Waals surface area contributed by atoms with Gasteiger partial charge in [-0.3, -0.25) is 4.79 Å². The van der Waals surface area contributed by atoms with Crippen molar-refractivity contribution in [2.45, 2.75) is 72.6 Å². The van der Waals surface area contributed by atoms with E-state index in [1.54, 1.807) is 11.8 Å². The van der Waals surface area contributed by atoms with Crippen LogP contribution in [-0.2, 0) is 19.4 Å². The van der Waals surface area contributed by atoms with Crippen LogP contribution in [-0.4, -0.2) is 48.1 Å². The molecule has 2 aliphatic heterocycles. The van der Waals surface area contributed by atoms with Gasteiger partial charge in [-0.15, -0.1) is 23.4 Å². The number of rotatable bonds is 5. The third kappa shape index (κ3) is 4.65. The number of Topliss-reactive ketones (excluding diaryl/α,β-unsaturated/α-hetero) is 1. The summed E-state index contributed by atoms with van der Waals surface area (Å²) >= 11 is 7.59. The van der Waals surface area contributed by atoms with Crippen molar-refractivity contribution in [2.75, 3.05) is 6.26 Å². The number of carbonyl (C=O) groups is 1. The summed E-state index contributed by atoms with van der Waals surface area (Å²) in [5, 5.41) is -0.231. The van der Waals surface area contributed by atoms with Gasteiger partial charge in [-0.2, -0.15) is 0 Å². The van der Waals surface area contributed by atoms with Gasteiger partial charge in [0.25, 0.3) is 0 Å². The van der Waals surface area contributed by atoms with Crippen LogP contribution in [0, 0.1) is 5.92 Å². The summed E-state index contributed by atoms with van der Waals surface area (Å²) in [6, 6.07) is 0. The second-order valence-corrected chi connectivity index (χ2v) is 11.5. The van der Waals surface area contributed by atoms with Crippen LogP contribution in [0.5, 0.6) is 0 Å². The Labute approximate surface area is 152 Å². The Morgan fingerprint density at radius 2 is 1.88 bits per heavy atom. The van der Waals surface area contributed by atoms with Crippen molar-refractivity contribution in [2.24, 2.45) is 5.92 Å². The number of halogens is 1. The zero-order valence-corrected chi connectivity index (χ0v) is 16.1. The molecule has 24 heavy (non-hydrogen) atoms. The average molecular weight is 397 g/mol. The van der Waals surface area contributed by atoms with E-state index in [1.165, 1.54) is 6.26 Å². The number of hydrazine groups is 1. The normalized spacial score (nSPS) is 40.8. The van der Waals surface area contributed by atoms with Gasteiger partial charge < -0.3 is 4.74 Å². The molecule has 9 heteroatoms. The molecular weight excluding hydrogens is 372 g/mol. The average Bonchev–Trinajstić information content (AvgIpc) is 3.16. The zero-order chi connectivity index (χ0) is 17.3. The Kier molecular flexibility index (Phi) is 6.15. The first-order chi connectivity index (χ1) is 11.3. The number of thioether (sulfide) groups is 1. The van der Waals surface area contributed by atoms with Crippen molar-refractivity contribution in [3.63, 3.8) is 0 Å². The highest BCUT2D eigenvalue weighted by atomic mass is 35.5. The second kappa shape index (κ2) is 7.80. The van der Waals surface area contributed by atoms with E-state index in [2.05, 4.69) is 10.9 Å². The molecule has 138 valence electrons. The molecule has 0 aromatic carbocycles. The SMILES string of the molecule is CS(=O)(=O)C1CCC(C2NNC(CC(=O)C3CCC(Cl)S3)O2)CC1. The molecular formula is C15H25ClN2O4S2. The molecule has 0 radical (unpaired) electrons. The lowest BCUT2D eigenvalue weighted by atomic mass is 9.88. The number of sulfone groups is 1. The van der Waals surface area contributed by atoms with Gasteiger partial charge in [-0.25, -0.2) is 19.3 Å². The van der Waals surface area contributed by atoms with Crippen molar-refractivity contribution in [3.05, 3.63) is 0 Å². The predicted octanol–water partition coefficient (Wildman–Crippen LogP) is 1.79. The van der Waals surface area contributed by atoms with E-state index in [9.17, 15) is 13.2 Å². The Hall–Kier alpha value is 0.140. The first kappa shape index (κ1) is 18.9. The Morgan fingerprint density at radius 3 is 2.46 bits per heavy atom. The van der Waals surface area contributed by atoms with Crippen molar-refractivity contribution in [1.82, 2.24) is 10.9 Å². The number of ether oxygens (including phenoxy) is 1. The van der Waals surface area contributed by atoms with Gasteiger partial charge in [0.05, 0.1) is 15.2 Å². The molecule has 4 atom stereocenters. The van der Waals surface area contributed by atoms with E-state index in [1.807, 2.05) is 0 Å². The molecule has 1 saturated carbocycles. The molecule has 0 aromatic rings. The molecule has 0 bridgehead atoms. The van der Waals surface area contributed by atoms with Crippen molar-refractivity contribution in [3.8, 4) is 0 Å². The standard InChI is InChI=1S/C15H25ClN2O4S2/c1-24(20,21)10-4-2-9(3-5-10)15-18-17-14(22-15)8-11(19)12-6-7-13(16)23-12/h9-10,12-15,17-18H,2-8H2,1H3. The van der Waals surface area contributed by atoms with Crippen LogP contribution >= 0.6 is 23.4 Å². The highest BCUT2D eigenvalue weighted by Gasteiger charge is 2.38. The van der Waals surface area contributed by atoms with Crippen LogP contribution in [0.1, 0.15) is 44.9 Å². The number of hydrogen-bond acceptors (Lipinski definition) is 7. The number of alkyl halides is 1. The fraction of sp³-hybridized carbons (Fsp3) is 0.933. The largest absolute Gasteiger partial charge is 0.342 e. The summed E-state index contributed by atoms with van der Waals surface area (Å²) in [4.78, 5) is 12.3. The van der Waals surface area contributed by atoms with Crippen molar-refractivity contribution < 1.29 is 17.9 Å². The van der Waals surface area contributed by atoms with Gasteiger partial charge in [-0.1, -0.05) is 0 Å². The third-order valence-electron chi connectivity index (χ3n) is 5.16. The lowest BCUT2D eigenvalue weighted by Gasteiger charge is -2.30. The fourth-order valence-corrected chi connectivity index (χ4v) is 6.49. The highest BCUT2D eigenvalue weighted by Crippen LogP contribution is 2.37. The molecule has 2 heterocycles. The maximum Gasteiger partial charge on any atom is 0.150 e. The predicted molar refractivity (Wildman–Crippen MR) is 95.4 cm³/mol. The molecule has 3 rings (SSSR count). The van der Waals surface area contributed by atoms with E-state index in [0.717, 1.165) is 25.7 Å². The Bertz CT molecular complexity index is 566. The Balaban J connectivity index is 1.44. The van der Waals surface area contributed by atoms with Crippen LogP contribution in [0.3, 0.4) is 0 Å². The quantitative estimate of drug-likeness (QED) is 0.685. The van der Waals surface area contributed by atoms with E-state index >= 15 is 0 Å². The molecule has 1 aliphatic carbocycles. The highest BCUT2D eigenvalue weighted by molar-refractivity contribution is 8.02. The molecule has 0 aromatic heterocycles. The maximum atomic E-state index is 12.3. The summed E-state index contributed by atoms with van der Waals surface area (Å²) in [5.41, 5.74) is 6.19. The van der Waals surface area contributed by atoms with Gasteiger partial charge in [0.1, 0.15) is 28.1 Å². The lowest BCUT2D eigenvalue weighted by Crippen LogP contribution is -2.40. The van der Waals surface area contributed by atoms with Crippen molar-refractivity contribution >= 4 is 39.0 Å². The summed E-state index contributed by atoms with van der Waals surface area (Å²) in [6.07, 6.45) is 5.93. The van der Waals surface area contributed by atoms with Crippen LogP contribution < -0.4 is 10.9 Å². The van der Waals surface area contributed by atoms with Crippen LogP contribution in [0.25, 0.3) is 0 Å². The molecule has 6 nitrogen and oxygen atoms in total. The van der Waals surface area contributed by atoms with Crippen LogP contribution in [0.15, 0.2) is 0 Å². The van der Waals surface area contributed by atoms with E-state index in [0.29, 0.717) is 19.3 Å². The minimum atomic E-state index is -2.95. The maximum absolute atomic E-state index is 12.3. The number of ketones is 1. The minimum absolute atomic E-state index is 0.0119. The van der Waals surface area contributed by atoms with Gasteiger partial charge in [-0.05, 0) is 44.4 Å². The minimum Gasteiger partial charge on any atom is -0.342 e. The number of hydrogen-bond donors (Lipinski definition) is 2. The molecule has 3 aliphatic rings. The molecule has 4 unspecified atom stereocenters. The first-order valence-corrected chi connectivity index (χ1v) is 11.8. The number of carbonyl (C=O) groups excluding carboxylic acids is 1. The van der Waals surface area contributed by atoms with Crippen molar-refractivity contribution in [1.29, 1.82) is 0 Å². The monoisotopic (exact) mass is 396 g/mol. The van der Waals surface area contributed by atoms with E-state index in [4.69, 9.17) is 16.3 Å². The zero-order valence-electron chi connectivity index (χ0n) is 13.7. The lowest BCUT2D eigenvalue weighted by molar-refractivity contribution is -0.122. The van der Waals surface area contributed by atoms with Crippen LogP contribution in [0.4, 0.5) is 0 Å². The summed E-state index contributed by atoms with van der Waals surface area (Å²) in [7, 11) is -2.95.